The summed E-state index contributed by atoms with van der Waals surface area (Å²) in [5, 5.41) is 3.25. The normalized spacial score (nSPS) is 22.4. The van der Waals surface area contributed by atoms with Crippen LogP contribution in [0.5, 0.6) is 0 Å². The van der Waals surface area contributed by atoms with E-state index in [1.807, 2.05) is 11.8 Å². The Morgan fingerprint density at radius 1 is 1.71 bits per heavy atom. The van der Waals surface area contributed by atoms with E-state index in [9.17, 15) is 4.79 Å². The maximum Gasteiger partial charge on any atom is 0.257 e. The van der Waals surface area contributed by atoms with Gasteiger partial charge in [0.25, 0.3) is 5.91 Å². The molecule has 0 saturated carbocycles. The van der Waals surface area contributed by atoms with Gasteiger partial charge in [0.05, 0.1) is 11.8 Å². The molecule has 1 fully saturated rings. The van der Waals surface area contributed by atoms with Crippen LogP contribution in [0.2, 0.25) is 0 Å². The van der Waals surface area contributed by atoms with Gasteiger partial charge < -0.3 is 14.6 Å². The number of carbonyl (C=O) groups excluding carboxylic acids is 1. The highest BCUT2D eigenvalue weighted by Crippen LogP contribution is 2.10. The molecule has 1 aliphatic heterocycles. The predicted octanol–water partition coefficient (Wildman–Crippen LogP) is 0.713. The Balaban J connectivity index is 2.10. The molecule has 76 valence electrons. The lowest BCUT2D eigenvalue weighted by Crippen LogP contribution is -2.52. The lowest BCUT2D eigenvalue weighted by atomic mass is 10.2. The minimum atomic E-state index is 0.0627. The molecule has 1 N–H and O–H groups in total. The number of furan rings is 1. The summed E-state index contributed by atoms with van der Waals surface area (Å²) in [7, 11) is 0. The molecule has 14 heavy (non-hydrogen) atoms. The first kappa shape index (κ1) is 9.27. The van der Waals surface area contributed by atoms with Crippen molar-refractivity contribution in [3.8, 4) is 0 Å². The van der Waals surface area contributed by atoms with Crippen LogP contribution < -0.4 is 5.32 Å². The predicted molar refractivity (Wildman–Crippen MR) is 52.1 cm³/mol. The molecule has 1 saturated heterocycles. The lowest BCUT2D eigenvalue weighted by Gasteiger charge is -2.33. The molecular weight excluding hydrogens is 180 g/mol. The van der Waals surface area contributed by atoms with Gasteiger partial charge in [0.15, 0.2) is 0 Å². The number of piperazine rings is 1. The zero-order valence-electron chi connectivity index (χ0n) is 8.19. The van der Waals surface area contributed by atoms with Gasteiger partial charge in [0, 0.05) is 25.7 Å². The quantitative estimate of drug-likeness (QED) is 0.716. The Hall–Kier alpha value is -1.29. The number of amides is 1. The molecule has 0 radical (unpaired) electrons. The molecule has 1 aromatic rings. The van der Waals surface area contributed by atoms with Gasteiger partial charge in [-0.2, -0.15) is 0 Å². The number of rotatable bonds is 1. The summed E-state index contributed by atoms with van der Waals surface area (Å²) in [5.74, 6) is 0.0627. The molecule has 2 rings (SSSR count). The minimum Gasteiger partial charge on any atom is -0.472 e. The summed E-state index contributed by atoms with van der Waals surface area (Å²) in [6.07, 6.45) is 3.02. The van der Waals surface area contributed by atoms with E-state index in [2.05, 4.69) is 5.32 Å². The minimum absolute atomic E-state index is 0.0627. The van der Waals surface area contributed by atoms with Crippen molar-refractivity contribution < 1.29 is 9.21 Å². The Kier molecular flexibility index (Phi) is 2.54. The van der Waals surface area contributed by atoms with E-state index >= 15 is 0 Å². The monoisotopic (exact) mass is 194 g/mol. The summed E-state index contributed by atoms with van der Waals surface area (Å²) in [4.78, 5) is 13.8. The molecule has 1 atom stereocenters. The fraction of sp³-hybridized carbons (Fsp3) is 0.500. The third-order valence-electron chi connectivity index (χ3n) is 2.53. The van der Waals surface area contributed by atoms with Crippen molar-refractivity contribution in [2.75, 3.05) is 19.6 Å². The maximum atomic E-state index is 11.9. The standard InChI is InChI=1S/C10H14N2O2/c1-8-6-11-3-4-12(8)10(13)9-2-5-14-7-9/h2,5,7-8,11H,3-4,6H2,1H3/t8-/m1/s1. The fourth-order valence-electron chi connectivity index (χ4n) is 1.69. The molecule has 0 unspecified atom stereocenters. The smallest absolute Gasteiger partial charge is 0.257 e. The SMILES string of the molecule is C[C@@H]1CNCCN1C(=O)c1ccoc1. The molecule has 1 aliphatic rings. The van der Waals surface area contributed by atoms with Gasteiger partial charge in [-0.25, -0.2) is 0 Å². The highest BCUT2D eigenvalue weighted by atomic mass is 16.3. The van der Waals surface area contributed by atoms with Crippen LogP contribution in [0.4, 0.5) is 0 Å². The van der Waals surface area contributed by atoms with Crippen LogP contribution in [-0.4, -0.2) is 36.5 Å². The molecule has 2 heterocycles. The van der Waals surface area contributed by atoms with E-state index in [0.29, 0.717) is 5.56 Å². The van der Waals surface area contributed by atoms with E-state index in [1.165, 1.54) is 12.5 Å². The number of carbonyl (C=O) groups is 1. The summed E-state index contributed by atoms with van der Waals surface area (Å²) in [6.45, 7) is 4.55. The van der Waals surface area contributed by atoms with Crippen molar-refractivity contribution in [3.63, 3.8) is 0 Å². The van der Waals surface area contributed by atoms with Crippen LogP contribution in [-0.2, 0) is 0 Å². The third-order valence-corrected chi connectivity index (χ3v) is 2.53. The van der Waals surface area contributed by atoms with Gasteiger partial charge in [-0.05, 0) is 13.0 Å². The number of hydrogen-bond acceptors (Lipinski definition) is 3. The average Bonchev–Trinajstić information content (AvgIpc) is 2.70. The summed E-state index contributed by atoms with van der Waals surface area (Å²) in [6, 6.07) is 1.96. The largest absolute Gasteiger partial charge is 0.472 e. The van der Waals surface area contributed by atoms with Gasteiger partial charge in [0.2, 0.25) is 0 Å². The van der Waals surface area contributed by atoms with Crippen molar-refractivity contribution in [2.45, 2.75) is 13.0 Å². The Morgan fingerprint density at radius 3 is 3.21 bits per heavy atom. The first-order valence-electron chi connectivity index (χ1n) is 4.83. The number of hydrogen-bond donors (Lipinski definition) is 1. The van der Waals surface area contributed by atoms with Crippen molar-refractivity contribution >= 4 is 5.91 Å². The van der Waals surface area contributed by atoms with Crippen molar-refractivity contribution in [2.24, 2.45) is 0 Å². The highest BCUT2D eigenvalue weighted by Gasteiger charge is 2.24. The van der Waals surface area contributed by atoms with Crippen LogP contribution in [0.15, 0.2) is 23.0 Å². The molecule has 0 aliphatic carbocycles. The lowest BCUT2D eigenvalue weighted by molar-refractivity contribution is 0.0655. The Morgan fingerprint density at radius 2 is 2.57 bits per heavy atom. The topological polar surface area (TPSA) is 45.5 Å². The second-order valence-electron chi connectivity index (χ2n) is 3.56. The van der Waals surface area contributed by atoms with Gasteiger partial charge in [0.1, 0.15) is 6.26 Å². The van der Waals surface area contributed by atoms with Crippen molar-refractivity contribution in [3.05, 3.63) is 24.2 Å². The Labute approximate surface area is 82.9 Å². The van der Waals surface area contributed by atoms with Crippen LogP contribution >= 0.6 is 0 Å². The first-order chi connectivity index (χ1) is 6.79. The molecule has 0 bridgehead atoms. The molecule has 4 heteroatoms. The maximum absolute atomic E-state index is 11.9. The van der Waals surface area contributed by atoms with Gasteiger partial charge in [-0.15, -0.1) is 0 Å². The highest BCUT2D eigenvalue weighted by molar-refractivity contribution is 5.94. The summed E-state index contributed by atoms with van der Waals surface area (Å²) in [5.41, 5.74) is 0.638. The van der Waals surface area contributed by atoms with Crippen molar-refractivity contribution in [1.82, 2.24) is 10.2 Å². The van der Waals surface area contributed by atoms with E-state index in [1.54, 1.807) is 6.07 Å². The van der Waals surface area contributed by atoms with E-state index in [-0.39, 0.29) is 11.9 Å². The van der Waals surface area contributed by atoms with Gasteiger partial charge in [-0.1, -0.05) is 0 Å². The molecule has 0 spiro atoms. The van der Waals surface area contributed by atoms with Crippen molar-refractivity contribution in [1.29, 1.82) is 0 Å². The zero-order chi connectivity index (χ0) is 9.97. The zero-order valence-corrected chi connectivity index (χ0v) is 8.19. The van der Waals surface area contributed by atoms with Gasteiger partial charge in [-0.3, -0.25) is 4.79 Å². The fourth-order valence-corrected chi connectivity index (χ4v) is 1.69. The molecule has 4 nitrogen and oxygen atoms in total. The van der Waals surface area contributed by atoms with Crippen LogP contribution in [0.25, 0.3) is 0 Å². The molecule has 1 aromatic heterocycles. The Bertz CT molecular complexity index is 308. The second kappa shape index (κ2) is 3.84. The number of nitrogens with zero attached hydrogens (tertiary/aromatic N) is 1. The van der Waals surface area contributed by atoms with E-state index < -0.39 is 0 Å². The summed E-state index contributed by atoms with van der Waals surface area (Å²) < 4.78 is 4.90. The van der Waals surface area contributed by atoms with Gasteiger partial charge >= 0.3 is 0 Å². The summed E-state index contributed by atoms with van der Waals surface area (Å²) >= 11 is 0. The third kappa shape index (κ3) is 1.65. The average molecular weight is 194 g/mol. The molecule has 0 aromatic carbocycles. The van der Waals surface area contributed by atoms with E-state index in [4.69, 9.17) is 4.42 Å². The second-order valence-corrected chi connectivity index (χ2v) is 3.56. The van der Waals surface area contributed by atoms with Crippen LogP contribution in [0.1, 0.15) is 17.3 Å². The first-order valence-corrected chi connectivity index (χ1v) is 4.83. The van der Waals surface area contributed by atoms with E-state index in [0.717, 1.165) is 19.6 Å². The number of nitrogens with one attached hydrogen (secondary N) is 1. The van der Waals surface area contributed by atoms with Crippen LogP contribution in [0.3, 0.4) is 0 Å². The molecular formula is C10H14N2O2. The molecule has 1 amide bonds. The van der Waals surface area contributed by atoms with Crippen LogP contribution in [0, 0.1) is 0 Å².